The molecule has 3 nitrogen and oxygen atoms in total. The van der Waals surface area contributed by atoms with Gasteiger partial charge in [-0.2, -0.15) is 0 Å². The summed E-state index contributed by atoms with van der Waals surface area (Å²) in [6.45, 7) is 6.07. The van der Waals surface area contributed by atoms with Crippen molar-refractivity contribution in [2.75, 3.05) is 6.61 Å². The topological polar surface area (TPSA) is 48.1 Å². The highest BCUT2D eigenvalue weighted by molar-refractivity contribution is 7.09. The van der Waals surface area contributed by atoms with Crippen LogP contribution in [0.5, 0.6) is 5.75 Å². The maximum atomic E-state index is 13.6. The summed E-state index contributed by atoms with van der Waals surface area (Å²) in [7, 11) is 0. The lowest BCUT2D eigenvalue weighted by Crippen LogP contribution is -2.10. The zero-order valence-corrected chi connectivity index (χ0v) is 12.8. The number of nitrogens with two attached hydrogens (primary N) is 1. The maximum absolute atomic E-state index is 13.6. The van der Waals surface area contributed by atoms with E-state index in [0.717, 1.165) is 12.1 Å². The smallest absolute Gasteiger partial charge is 0.126 e. The van der Waals surface area contributed by atoms with Crippen LogP contribution >= 0.6 is 11.3 Å². The zero-order chi connectivity index (χ0) is 14.7. The van der Waals surface area contributed by atoms with Gasteiger partial charge in [-0.25, -0.2) is 9.37 Å². The molecule has 0 fully saturated rings. The molecule has 0 radical (unpaired) electrons. The minimum absolute atomic E-state index is 0.247. The van der Waals surface area contributed by atoms with Crippen molar-refractivity contribution in [2.45, 2.75) is 33.2 Å². The molecular formula is C15H19FN2OS. The molecule has 0 unspecified atom stereocenters. The normalized spacial score (nSPS) is 12.4. The number of thiazole rings is 1. The van der Waals surface area contributed by atoms with Gasteiger partial charge in [-0.05, 0) is 38.5 Å². The van der Waals surface area contributed by atoms with Crippen LogP contribution in [-0.2, 0) is 6.42 Å². The standard InChI is InChI=1S/C15H19FN2OS/c1-9-6-14(12(10(2)17)7-13(9)16)19-5-4-15-11(3)18-8-20-15/h6-8,10H,4-5,17H2,1-3H3/t10-/m0/s1. The van der Waals surface area contributed by atoms with Gasteiger partial charge in [0.05, 0.1) is 17.8 Å². The molecule has 0 aliphatic carbocycles. The molecule has 2 aromatic rings. The largest absolute Gasteiger partial charge is 0.493 e. The molecule has 1 atom stereocenters. The fraction of sp³-hybridized carbons (Fsp3) is 0.400. The Labute approximate surface area is 122 Å². The predicted octanol–water partition coefficient (Wildman–Crippen LogP) is 3.54. The molecule has 0 aliphatic heterocycles. The molecule has 0 saturated heterocycles. The molecule has 2 rings (SSSR count). The molecular weight excluding hydrogens is 275 g/mol. The van der Waals surface area contributed by atoms with Gasteiger partial charge in [0.25, 0.3) is 0 Å². The van der Waals surface area contributed by atoms with Crippen LogP contribution in [0.3, 0.4) is 0 Å². The Bertz CT molecular complexity index is 596. The van der Waals surface area contributed by atoms with E-state index in [-0.39, 0.29) is 11.9 Å². The SMILES string of the molecule is Cc1cc(OCCc2scnc2C)c([C@H](C)N)cc1F. The molecule has 0 bridgehead atoms. The van der Waals surface area contributed by atoms with Gasteiger partial charge in [0.1, 0.15) is 11.6 Å². The quantitative estimate of drug-likeness (QED) is 0.917. The summed E-state index contributed by atoms with van der Waals surface area (Å²) in [6.07, 6.45) is 0.797. The molecule has 1 heterocycles. The van der Waals surface area contributed by atoms with Gasteiger partial charge >= 0.3 is 0 Å². The van der Waals surface area contributed by atoms with Crippen molar-refractivity contribution in [3.8, 4) is 5.75 Å². The Morgan fingerprint density at radius 2 is 2.15 bits per heavy atom. The van der Waals surface area contributed by atoms with Crippen molar-refractivity contribution < 1.29 is 9.13 Å². The zero-order valence-electron chi connectivity index (χ0n) is 11.9. The Balaban J connectivity index is 2.09. The number of rotatable bonds is 5. The highest BCUT2D eigenvalue weighted by Crippen LogP contribution is 2.27. The van der Waals surface area contributed by atoms with E-state index in [4.69, 9.17) is 10.5 Å². The van der Waals surface area contributed by atoms with E-state index in [1.165, 1.54) is 10.9 Å². The third kappa shape index (κ3) is 3.35. The first-order valence-corrected chi connectivity index (χ1v) is 7.44. The van der Waals surface area contributed by atoms with E-state index in [9.17, 15) is 4.39 Å². The number of nitrogens with zero attached hydrogens (tertiary/aromatic N) is 1. The summed E-state index contributed by atoms with van der Waals surface area (Å²) in [5.74, 6) is 0.420. The molecule has 0 aliphatic rings. The van der Waals surface area contributed by atoms with Gasteiger partial charge in [-0.1, -0.05) is 0 Å². The molecule has 0 saturated carbocycles. The highest BCUT2D eigenvalue weighted by Gasteiger charge is 2.12. The number of hydrogen-bond acceptors (Lipinski definition) is 4. The summed E-state index contributed by atoms with van der Waals surface area (Å²) >= 11 is 1.62. The van der Waals surface area contributed by atoms with Crippen molar-refractivity contribution >= 4 is 11.3 Å². The number of benzene rings is 1. The van der Waals surface area contributed by atoms with Crippen LogP contribution in [0.2, 0.25) is 0 Å². The predicted molar refractivity (Wildman–Crippen MR) is 79.8 cm³/mol. The fourth-order valence-corrected chi connectivity index (χ4v) is 2.73. The molecule has 2 N–H and O–H groups in total. The van der Waals surface area contributed by atoms with Gasteiger partial charge in [0.2, 0.25) is 0 Å². The number of aryl methyl sites for hydroxylation is 2. The Morgan fingerprint density at radius 3 is 2.75 bits per heavy atom. The molecule has 1 aromatic carbocycles. The van der Waals surface area contributed by atoms with Crippen LogP contribution in [0.15, 0.2) is 17.6 Å². The van der Waals surface area contributed by atoms with E-state index in [1.807, 2.05) is 19.4 Å². The molecule has 5 heteroatoms. The van der Waals surface area contributed by atoms with Crippen molar-refractivity contribution in [2.24, 2.45) is 5.73 Å². The minimum atomic E-state index is -0.259. The molecule has 0 spiro atoms. The average molecular weight is 294 g/mol. The summed E-state index contributed by atoms with van der Waals surface area (Å²) in [5, 5.41) is 0. The van der Waals surface area contributed by atoms with Gasteiger partial charge in [-0.3, -0.25) is 0 Å². The van der Waals surface area contributed by atoms with Crippen LogP contribution in [0.4, 0.5) is 4.39 Å². The third-order valence-electron chi connectivity index (χ3n) is 3.21. The lowest BCUT2D eigenvalue weighted by atomic mass is 10.1. The summed E-state index contributed by atoms with van der Waals surface area (Å²) < 4.78 is 19.4. The molecule has 108 valence electrons. The Hall–Kier alpha value is -1.46. The van der Waals surface area contributed by atoms with Gasteiger partial charge < -0.3 is 10.5 Å². The number of ether oxygens (including phenoxy) is 1. The van der Waals surface area contributed by atoms with E-state index in [0.29, 0.717) is 23.5 Å². The first-order valence-electron chi connectivity index (χ1n) is 6.56. The van der Waals surface area contributed by atoms with Crippen LogP contribution in [0.25, 0.3) is 0 Å². The molecule has 20 heavy (non-hydrogen) atoms. The minimum Gasteiger partial charge on any atom is -0.493 e. The fourth-order valence-electron chi connectivity index (χ4n) is 1.97. The average Bonchev–Trinajstić information content (AvgIpc) is 2.79. The molecule has 1 aromatic heterocycles. The monoisotopic (exact) mass is 294 g/mol. The third-order valence-corrected chi connectivity index (χ3v) is 4.21. The first kappa shape index (κ1) is 14.9. The summed E-state index contributed by atoms with van der Waals surface area (Å²) in [6, 6.07) is 2.92. The summed E-state index contributed by atoms with van der Waals surface area (Å²) in [5.41, 5.74) is 10.0. The second-order valence-electron chi connectivity index (χ2n) is 4.89. The first-order chi connectivity index (χ1) is 9.49. The van der Waals surface area contributed by atoms with Gasteiger partial charge in [0.15, 0.2) is 0 Å². The Morgan fingerprint density at radius 1 is 1.40 bits per heavy atom. The van der Waals surface area contributed by atoms with Crippen LogP contribution < -0.4 is 10.5 Å². The number of halogens is 1. The van der Waals surface area contributed by atoms with Crippen molar-refractivity contribution in [1.82, 2.24) is 4.98 Å². The van der Waals surface area contributed by atoms with Crippen LogP contribution in [0.1, 0.15) is 34.7 Å². The van der Waals surface area contributed by atoms with Crippen molar-refractivity contribution in [1.29, 1.82) is 0 Å². The van der Waals surface area contributed by atoms with E-state index >= 15 is 0 Å². The Kier molecular flexibility index (Phi) is 4.73. The highest BCUT2D eigenvalue weighted by atomic mass is 32.1. The van der Waals surface area contributed by atoms with Crippen LogP contribution in [0, 0.1) is 19.7 Å². The van der Waals surface area contributed by atoms with Crippen LogP contribution in [-0.4, -0.2) is 11.6 Å². The number of hydrogen-bond donors (Lipinski definition) is 1. The molecule has 0 amide bonds. The van der Waals surface area contributed by atoms with Gasteiger partial charge in [0, 0.05) is 22.9 Å². The second kappa shape index (κ2) is 6.33. The van der Waals surface area contributed by atoms with Crippen molar-refractivity contribution in [3.05, 3.63) is 45.2 Å². The second-order valence-corrected chi connectivity index (χ2v) is 5.83. The van der Waals surface area contributed by atoms with E-state index in [1.54, 1.807) is 24.3 Å². The van der Waals surface area contributed by atoms with Crippen molar-refractivity contribution in [3.63, 3.8) is 0 Å². The van der Waals surface area contributed by atoms with E-state index in [2.05, 4.69) is 4.98 Å². The maximum Gasteiger partial charge on any atom is 0.126 e. The van der Waals surface area contributed by atoms with Gasteiger partial charge in [-0.15, -0.1) is 11.3 Å². The lowest BCUT2D eigenvalue weighted by molar-refractivity contribution is 0.317. The lowest BCUT2D eigenvalue weighted by Gasteiger charge is -2.15. The summed E-state index contributed by atoms with van der Waals surface area (Å²) in [4.78, 5) is 5.42. The van der Waals surface area contributed by atoms with E-state index < -0.39 is 0 Å². The number of aromatic nitrogens is 1.